The van der Waals surface area contributed by atoms with Gasteiger partial charge in [0.15, 0.2) is 5.65 Å². The summed E-state index contributed by atoms with van der Waals surface area (Å²) in [5.41, 5.74) is 3.64. The average molecular weight is 407 g/mol. The summed E-state index contributed by atoms with van der Waals surface area (Å²) in [6, 6.07) is 10.5. The molecule has 0 N–H and O–H groups in total. The Bertz CT molecular complexity index is 1030. The molecule has 0 radical (unpaired) electrons. The number of aryl methyl sites for hydroxylation is 1. The third-order valence-corrected chi connectivity index (χ3v) is 6.06. The molecular weight excluding hydrogens is 376 g/mol. The van der Waals surface area contributed by atoms with E-state index in [-0.39, 0.29) is 11.9 Å². The monoisotopic (exact) mass is 406 g/mol. The number of benzene rings is 1. The number of hydrogen-bond donors (Lipinski definition) is 0. The lowest BCUT2D eigenvalue weighted by Crippen LogP contribution is -2.39. The summed E-state index contributed by atoms with van der Waals surface area (Å²) in [6.07, 6.45) is 4.90. The van der Waals surface area contributed by atoms with E-state index in [1.54, 1.807) is 13.3 Å². The lowest BCUT2D eigenvalue weighted by molar-refractivity contribution is 0.0689. The second kappa shape index (κ2) is 8.46. The summed E-state index contributed by atoms with van der Waals surface area (Å²) < 4.78 is 7.14. The molecule has 0 atom stereocenters. The molecule has 4 rings (SSSR count). The number of piperidine rings is 1. The van der Waals surface area contributed by atoms with Crippen molar-refractivity contribution >= 4 is 16.9 Å². The highest BCUT2D eigenvalue weighted by Gasteiger charge is 2.25. The number of fused-ring (bicyclic) bond motifs is 1. The minimum atomic E-state index is 0.0853. The van der Waals surface area contributed by atoms with Gasteiger partial charge in [0.1, 0.15) is 5.75 Å². The molecule has 0 spiro atoms. The van der Waals surface area contributed by atoms with Crippen LogP contribution in [0.4, 0.5) is 0 Å². The number of rotatable bonds is 5. The number of aromatic nitrogens is 3. The number of methoxy groups -OCH3 is 1. The summed E-state index contributed by atoms with van der Waals surface area (Å²) in [5, 5.41) is 5.35. The smallest absolute Gasteiger partial charge is 0.255 e. The lowest BCUT2D eigenvalue weighted by atomic mass is 9.90. The van der Waals surface area contributed by atoms with Gasteiger partial charge in [0.25, 0.3) is 5.91 Å². The zero-order chi connectivity index (χ0) is 21.3. The van der Waals surface area contributed by atoms with Crippen LogP contribution in [0.2, 0.25) is 0 Å². The number of nitrogens with zero attached hydrogens (tertiary/aromatic N) is 4. The van der Waals surface area contributed by atoms with Gasteiger partial charge in [-0.25, -0.2) is 9.67 Å². The van der Waals surface area contributed by atoms with Gasteiger partial charge in [0.2, 0.25) is 0 Å². The van der Waals surface area contributed by atoms with Crippen molar-refractivity contribution < 1.29 is 9.53 Å². The van der Waals surface area contributed by atoms with Gasteiger partial charge in [-0.05, 0) is 69.7 Å². The summed E-state index contributed by atoms with van der Waals surface area (Å²) in [7, 11) is 1.69. The minimum Gasteiger partial charge on any atom is -0.497 e. The standard InChI is InChI=1S/C24H30N4O2/c1-16(2)28-23-20(15-25-28)14-22(17(3)26-23)24(29)27-11-9-19(10-12-27)13-18-5-7-21(30-4)8-6-18/h5-8,14-16,19H,9-13H2,1-4H3. The molecule has 3 aromatic rings. The van der Waals surface area contributed by atoms with E-state index in [9.17, 15) is 4.79 Å². The van der Waals surface area contributed by atoms with Crippen LogP contribution in [0, 0.1) is 12.8 Å². The number of carbonyl (C=O) groups is 1. The molecule has 6 nitrogen and oxygen atoms in total. The van der Waals surface area contributed by atoms with Crippen LogP contribution in [0.25, 0.3) is 11.0 Å². The van der Waals surface area contributed by atoms with E-state index in [4.69, 9.17) is 9.72 Å². The topological polar surface area (TPSA) is 60.2 Å². The van der Waals surface area contributed by atoms with Gasteiger partial charge in [-0.2, -0.15) is 5.10 Å². The largest absolute Gasteiger partial charge is 0.497 e. The molecule has 1 saturated heterocycles. The predicted octanol–water partition coefficient (Wildman–Crippen LogP) is 4.42. The first-order valence-corrected chi connectivity index (χ1v) is 10.7. The van der Waals surface area contributed by atoms with Crippen molar-refractivity contribution in [3.8, 4) is 5.75 Å². The van der Waals surface area contributed by atoms with Crippen molar-refractivity contribution in [1.29, 1.82) is 0 Å². The van der Waals surface area contributed by atoms with Crippen LogP contribution in [-0.4, -0.2) is 45.8 Å². The van der Waals surface area contributed by atoms with E-state index in [0.717, 1.165) is 54.8 Å². The number of amides is 1. The summed E-state index contributed by atoms with van der Waals surface area (Å²) >= 11 is 0. The first kappa shape index (κ1) is 20.4. The third kappa shape index (κ3) is 4.04. The highest BCUT2D eigenvalue weighted by molar-refractivity contribution is 5.98. The van der Waals surface area contributed by atoms with E-state index < -0.39 is 0 Å². The average Bonchev–Trinajstić information content (AvgIpc) is 3.17. The van der Waals surface area contributed by atoms with Crippen molar-refractivity contribution in [2.24, 2.45) is 5.92 Å². The Morgan fingerprint density at radius 1 is 1.20 bits per heavy atom. The molecule has 158 valence electrons. The van der Waals surface area contributed by atoms with Crippen LogP contribution >= 0.6 is 0 Å². The Hall–Kier alpha value is -2.89. The van der Waals surface area contributed by atoms with Crippen molar-refractivity contribution in [2.45, 2.75) is 46.1 Å². The fraction of sp³-hybridized carbons (Fsp3) is 0.458. The maximum absolute atomic E-state index is 13.2. The molecule has 1 fully saturated rings. The number of hydrogen-bond acceptors (Lipinski definition) is 4. The Labute approximate surface area is 177 Å². The molecule has 1 aliphatic rings. The first-order chi connectivity index (χ1) is 14.5. The Kier molecular flexibility index (Phi) is 5.75. The van der Waals surface area contributed by atoms with Gasteiger partial charge >= 0.3 is 0 Å². The van der Waals surface area contributed by atoms with Crippen molar-refractivity contribution in [1.82, 2.24) is 19.7 Å². The van der Waals surface area contributed by atoms with E-state index in [2.05, 4.69) is 31.1 Å². The second-order valence-electron chi connectivity index (χ2n) is 8.50. The quantitative estimate of drug-likeness (QED) is 0.629. The fourth-order valence-corrected chi connectivity index (χ4v) is 4.27. The minimum absolute atomic E-state index is 0.0853. The molecule has 30 heavy (non-hydrogen) atoms. The summed E-state index contributed by atoms with van der Waals surface area (Å²) in [4.78, 5) is 19.9. The molecule has 1 aromatic carbocycles. The van der Waals surface area contributed by atoms with E-state index in [1.165, 1.54) is 5.56 Å². The molecule has 1 amide bonds. The molecule has 6 heteroatoms. The molecule has 0 bridgehead atoms. The van der Waals surface area contributed by atoms with Crippen LogP contribution < -0.4 is 4.74 Å². The maximum atomic E-state index is 13.2. The zero-order valence-electron chi connectivity index (χ0n) is 18.3. The first-order valence-electron chi connectivity index (χ1n) is 10.7. The Morgan fingerprint density at radius 2 is 1.90 bits per heavy atom. The highest BCUT2D eigenvalue weighted by atomic mass is 16.5. The molecule has 0 saturated carbocycles. The molecule has 3 heterocycles. The molecule has 2 aromatic heterocycles. The SMILES string of the molecule is COc1ccc(CC2CCN(C(=O)c3cc4cnn(C(C)C)c4nc3C)CC2)cc1. The predicted molar refractivity (Wildman–Crippen MR) is 118 cm³/mol. The van der Waals surface area contributed by atoms with Gasteiger partial charge in [-0.15, -0.1) is 0 Å². The Balaban J connectivity index is 1.42. The molecule has 0 aliphatic carbocycles. The van der Waals surface area contributed by atoms with Crippen LogP contribution in [0.1, 0.15) is 54.3 Å². The van der Waals surface area contributed by atoms with Crippen molar-refractivity contribution in [2.75, 3.05) is 20.2 Å². The molecule has 0 unspecified atom stereocenters. The highest BCUT2D eigenvalue weighted by Crippen LogP contribution is 2.26. The van der Waals surface area contributed by atoms with Gasteiger partial charge in [-0.3, -0.25) is 4.79 Å². The van der Waals surface area contributed by atoms with Crippen LogP contribution in [0.5, 0.6) is 5.75 Å². The van der Waals surface area contributed by atoms with Gasteiger partial charge in [0, 0.05) is 24.5 Å². The number of ether oxygens (including phenoxy) is 1. The maximum Gasteiger partial charge on any atom is 0.255 e. The molecule has 1 aliphatic heterocycles. The molecular formula is C24H30N4O2. The van der Waals surface area contributed by atoms with Gasteiger partial charge in [0.05, 0.1) is 24.6 Å². The zero-order valence-corrected chi connectivity index (χ0v) is 18.3. The van der Waals surface area contributed by atoms with E-state index in [0.29, 0.717) is 11.5 Å². The normalized spacial score (nSPS) is 15.2. The fourth-order valence-electron chi connectivity index (χ4n) is 4.27. The number of likely N-dealkylation sites (tertiary alicyclic amines) is 1. The second-order valence-corrected chi connectivity index (χ2v) is 8.50. The summed E-state index contributed by atoms with van der Waals surface area (Å²) in [5.74, 6) is 1.58. The summed E-state index contributed by atoms with van der Waals surface area (Å²) in [6.45, 7) is 7.67. The number of carbonyl (C=O) groups excluding carboxylic acids is 1. The van der Waals surface area contributed by atoms with E-state index >= 15 is 0 Å². The Morgan fingerprint density at radius 3 is 2.53 bits per heavy atom. The van der Waals surface area contributed by atoms with Gasteiger partial charge < -0.3 is 9.64 Å². The number of pyridine rings is 1. The van der Waals surface area contributed by atoms with Crippen LogP contribution in [0.3, 0.4) is 0 Å². The lowest BCUT2D eigenvalue weighted by Gasteiger charge is -2.32. The van der Waals surface area contributed by atoms with Crippen molar-refractivity contribution in [3.05, 3.63) is 53.3 Å². The van der Waals surface area contributed by atoms with Gasteiger partial charge in [-0.1, -0.05) is 12.1 Å². The van der Waals surface area contributed by atoms with E-state index in [1.807, 2.05) is 34.7 Å². The van der Waals surface area contributed by atoms with Crippen LogP contribution in [0.15, 0.2) is 36.5 Å². The third-order valence-electron chi connectivity index (χ3n) is 6.06. The van der Waals surface area contributed by atoms with Crippen molar-refractivity contribution in [3.63, 3.8) is 0 Å². The van der Waals surface area contributed by atoms with Crippen LogP contribution in [-0.2, 0) is 6.42 Å².